The second-order valence-corrected chi connectivity index (χ2v) is 9.10. The molecule has 2 fully saturated rings. The molecule has 0 aromatic heterocycles. The molecule has 4 rings (SSSR count). The summed E-state index contributed by atoms with van der Waals surface area (Å²) in [5, 5.41) is 23.6. The number of rotatable bonds is 3. The summed E-state index contributed by atoms with van der Waals surface area (Å²) >= 11 is 2.88. The zero-order chi connectivity index (χ0) is 24.4. The fourth-order valence-electron chi connectivity index (χ4n) is 5.28. The number of hydrogen-bond acceptors (Lipinski definition) is 8. The largest absolute Gasteiger partial charge is 0.505 e. The Morgan fingerprint density at radius 2 is 1.88 bits per heavy atom. The van der Waals surface area contributed by atoms with Crippen LogP contribution in [0.2, 0.25) is 0 Å². The number of carbonyl (C=O) groups excluding carboxylic acids is 6. The molecule has 0 saturated heterocycles. The fourth-order valence-corrected chi connectivity index (χ4v) is 5.42. The number of carbonyl (C=O) groups is 6. The van der Waals surface area contributed by atoms with Crippen LogP contribution >= 0.6 is 15.9 Å². The first kappa shape index (κ1) is 23.2. The van der Waals surface area contributed by atoms with E-state index in [1.807, 2.05) is 0 Å². The Morgan fingerprint density at radius 1 is 1.21 bits per heavy atom. The minimum Gasteiger partial charge on any atom is -0.505 e. The molecule has 0 aliphatic heterocycles. The number of amides is 2. The van der Waals surface area contributed by atoms with Gasteiger partial charge >= 0.3 is 0 Å². The maximum atomic E-state index is 14.6. The van der Waals surface area contributed by atoms with Crippen molar-refractivity contribution in [2.45, 2.75) is 24.9 Å². The van der Waals surface area contributed by atoms with Crippen LogP contribution in [0.25, 0.3) is 0 Å². The van der Waals surface area contributed by atoms with Crippen LogP contribution in [0.4, 0.5) is 10.1 Å². The van der Waals surface area contributed by atoms with Gasteiger partial charge in [0.1, 0.15) is 5.69 Å². The number of anilines is 1. The molecule has 0 heterocycles. The molecule has 3 aliphatic rings. The summed E-state index contributed by atoms with van der Waals surface area (Å²) in [4.78, 5) is 75.0. The third-order valence-corrected chi connectivity index (χ3v) is 7.24. The van der Waals surface area contributed by atoms with E-state index in [4.69, 9.17) is 5.73 Å². The van der Waals surface area contributed by atoms with Gasteiger partial charge in [-0.25, -0.2) is 4.39 Å². The third kappa shape index (κ3) is 3.22. The summed E-state index contributed by atoms with van der Waals surface area (Å²) < 4.78 is 14.6. The predicted octanol–water partition coefficient (Wildman–Crippen LogP) is -0.201. The lowest BCUT2D eigenvalue weighted by molar-refractivity contribution is -0.175. The first-order valence-corrected chi connectivity index (χ1v) is 11.1. The minimum absolute atomic E-state index is 0.0527. The van der Waals surface area contributed by atoms with Crippen molar-refractivity contribution in [1.29, 1.82) is 0 Å². The summed E-state index contributed by atoms with van der Waals surface area (Å²) in [7, 11) is 0. The fraction of sp³-hybridized carbons (Fsp3) is 0.429. The van der Waals surface area contributed by atoms with E-state index in [2.05, 4.69) is 21.2 Å². The summed E-state index contributed by atoms with van der Waals surface area (Å²) in [6.45, 7) is 0. The van der Waals surface area contributed by atoms with Crippen LogP contribution in [0, 0.1) is 29.5 Å². The number of ketones is 4. The number of fused-ring (bicyclic) bond motifs is 3. The van der Waals surface area contributed by atoms with Gasteiger partial charge in [0, 0.05) is 12.3 Å². The van der Waals surface area contributed by atoms with Gasteiger partial charge in [-0.15, -0.1) is 0 Å². The number of phenolic OH excluding ortho intramolecular Hbond substituents is 1. The Labute approximate surface area is 193 Å². The van der Waals surface area contributed by atoms with Gasteiger partial charge in [0.2, 0.25) is 11.8 Å². The lowest BCUT2D eigenvalue weighted by atomic mass is 9.54. The van der Waals surface area contributed by atoms with E-state index in [0.717, 1.165) is 6.07 Å². The number of nitrogens with two attached hydrogens (primary N) is 1. The van der Waals surface area contributed by atoms with E-state index in [1.165, 1.54) is 0 Å². The van der Waals surface area contributed by atoms with Gasteiger partial charge in [-0.05, 0) is 30.4 Å². The van der Waals surface area contributed by atoms with Crippen LogP contribution in [0.3, 0.4) is 0 Å². The highest BCUT2D eigenvalue weighted by molar-refractivity contribution is 9.09. The van der Waals surface area contributed by atoms with Gasteiger partial charge in [0.15, 0.2) is 46.2 Å². The summed E-state index contributed by atoms with van der Waals surface area (Å²) in [6, 6.07) is 0.971. The number of aromatic hydroxyl groups is 1. The van der Waals surface area contributed by atoms with Crippen molar-refractivity contribution in [1.82, 2.24) is 0 Å². The van der Waals surface area contributed by atoms with Crippen LogP contribution in [-0.4, -0.2) is 56.1 Å². The molecule has 0 spiro atoms. The number of phenols is 1. The maximum absolute atomic E-state index is 14.6. The van der Waals surface area contributed by atoms with Gasteiger partial charge < -0.3 is 21.3 Å². The Bertz CT molecular complexity index is 1170. The third-order valence-electron chi connectivity index (χ3n) is 6.73. The Balaban J connectivity index is 1.79. The van der Waals surface area contributed by atoms with E-state index in [9.17, 15) is 43.4 Å². The molecule has 3 aliphatic carbocycles. The first-order chi connectivity index (χ1) is 15.4. The molecule has 10 nitrogen and oxygen atoms in total. The number of halogens is 2. The molecule has 5 atom stereocenters. The number of hydrogen-bond donors (Lipinski definition) is 4. The minimum atomic E-state index is -2.76. The van der Waals surface area contributed by atoms with Crippen molar-refractivity contribution < 1.29 is 43.4 Å². The molecule has 2 amide bonds. The van der Waals surface area contributed by atoms with Crippen LogP contribution in [-0.2, 0) is 30.4 Å². The average Bonchev–Trinajstić information content (AvgIpc) is 2.73. The number of benzene rings is 1. The van der Waals surface area contributed by atoms with Crippen LogP contribution in [0.15, 0.2) is 6.07 Å². The molecule has 2 saturated carbocycles. The lowest BCUT2D eigenvalue weighted by Crippen LogP contribution is -2.68. The zero-order valence-electron chi connectivity index (χ0n) is 16.9. The molecule has 1 aromatic carbocycles. The highest BCUT2D eigenvalue weighted by Gasteiger charge is 2.66. The van der Waals surface area contributed by atoms with Gasteiger partial charge in [-0.3, -0.25) is 28.8 Å². The molecule has 0 radical (unpaired) electrons. The van der Waals surface area contributed by atoms with E-state index in [1.54, 1.807) is 0 Å². The molecular formula is C21H18BrFN2O8. The lowest BCUT2D eigenvalue weighted by Gasteiger charge is -2.48. The molecule has 33 heavy (non-hydrogen) atoms. The van der Waals surface area contributed by atoms with Crippen molar-refractivity contribution in [3.63, 3.8) is 0 Å². The summed E-state index contributed by atoms with van der Waals surface area (Å²) in [5.41, 5.74) is 1.41. The monoisotopic (exact) mass is 524 g/mol. The van der Waals surface area contributed by atoms with Gasteiger partial charge in [0.25, 0.3) is 0 Å². The second kappa shape index (κ2) is 7.80. The highest BCUT2D eigenvalue weighted by atomic mass is 79.9. The topological polar surface area (TPSA) is 181 Å². The maximum Gasteiger partial charge on any atom is 0.235 e. The smallest absolute Gasteiger partial charge is 0.235 e. The molecular weight excluding hydrogens is 507 g/mol. The van der Waals surface area contributed by atoms with Crippen molar-refractivity contribution in [2.24, 2.45) is 29.4 Å². The quantitative estimate of drug-likeness (QED) is 0.238. The Morgan fingerprint density at radius 3 is 2.48 bits per heavy atom. The van der Waals surface area contributed by atoms with Gasteiger partial charge in [0.05, 0.1) is 16.8 Å². The van der Waals surface area contributed by atoms with Crippen molar-refractivity contribution in [2.75, 3.05) is 10.6 Å². The summed E-state index contributed by atoms with van der Waals surface area (Å²) in [6.07, 6.45) is -0.600. The molecule has 0 bridgehead atoms. The number of alkyl halides is 1. The Kier molecular flexibility index (Phi) is 5.48. The Hall–Kier alpha value is -2.99. The van der Waals surface area contributed by atoms with Crippen molar-refractivity contribution in [3.8, 4) is 5.75 Å². The number of Topliss-reactive ketones (excluding diaryl/α,β-unsaturated/α-hetero) is 4. The van der Waals surface area contributed by atoms with Crippen LogP contribution < -0.4 is 11.1 Å². The highest BCUT2D eigenvalue weighted by Crippen LogP contribution is 2.50. The molecule has 12 heteroatoms. The van der Waals surface area contributed by atoms with E-state index in [0.29, 0.717) is 0 Å². The van der Waals surface area contributed by atoms with Crippen LogP contribution in [0.1, 0.15) is 28.8 Å². The SMILES string of the molecule is NC(=O)C1C(=O)CC2CC3Cc4cc(F)c(NC(=O)CBr)c(O)c4C(=O)C3C(=O)C2(O)C1=O. The van der Waals surface area contributed by atoms with Crippen LogP contribution in [0.5, 0.6) is 5.75 Å². The normalized spacial score (nSPS) is 30.9. The first-order valence-electron chi connectivity index (χ1n) is 10.0. The number of nitrogens with one attached hydrogen (secondary N) is 1. The standard InChI is InChI=1S/C21H18BrFN2O8/c22-5-11(27)25-15-9(23)3-7-1-6-2-8-4-10(26)14(20(24)32)19(31)21(8,33)18(30)13(6)16(28)12(7)17(15)29/h3,6,8,13-14,29,33H,1-2,4-5H2,(H2,24,32)(H,25,27). The average molecular weight is 525 g/mol. The number of primary amides is 1. The molecule has 1 aromatic rings. The molecule has 5 unspecified atom stereocenters. The van der Waals surface area contributed by atoms with Crippen molar-refractivity contribution >= 4 is 56.6 Å². The summed E-state index contributed by atoms with van der Waals surface area (Å²) in [5.74, 6) is -13.7. The molecule has 174 valence electrons. The van der Waals surface area contributed by atoms with Gasteiger partial charge in [-0.1, -0.05) is 15.9 Å². The van der Waals surface area contributed by atoms with E-state index < -0.39 is 93.5 Å². The zero-order valence-corrected chi connectivity index (χ0v) is 18.5. The predicted molar refractivity (Wildman–Crippen MR) is 111 cm³/mol. The van der Waals surface area contributed by atoms with Crippen molar-refractivity contribution in [3.05, 3.63) is 23.0 Å². The number of aliphatic hydroxyl groups is 1. The van der Waals surface area contributed by atoms with Gasteiger partial charge in [-0.2, -0.15) is 0 Å². The van der Waals surface area contributed by atoms with E-state index >= 15 is 0 Å². The van der Waals surface area contributed by atoms with E-state index in [-0.39, 0.29) is 23.7 Å². The second-order valence-electron chi connectivity index (χ2n) is 8.54. The molecule has 5 N–H and O–H groups in total.